The van der Waals surface area contributed by atoms with Gasteiger partial charge in [0.1, 0.15) is 22.3 Å². The first kappa shape index (κ1) is 37.4. The van der Waals surface area contributed by atoms with E-state index in [0.717, 1.165) is 82.5 Å². The van der Waals surface area contributed by atoms with Gasteiger partial charge in [-0.3, -0.25) is 0 Å². The van der Waals surface area contributed by atoms with Crippen LogP contribution in [0.5, 0.6) is 0 Å². The molecule has 0 spiro atoms. The minimum Gasteiger partial charge on any atom is -0.456 e. The van der Waals surface area contributed by atoms with Crippen LogP contribution in [0.1, 0.15) is 25.0 Å². The first-order chi connectivity index (χ1) is 33.5. The molecule has 0 atom stereocenters. The van der Waals surface area contributed by atoms with E-state index in [9.17, 15) is 0 Å². The molecule has 0 bridgehead atoms. The van der Waals surface area contributed by atoms with E-state index in [1.165, 1.54) is 49.3 Å². The summed E-state index contributed by atoms with van der Waals surface area (Å²) < 4.78 is 15.2. The van der Waals surface area contributed by atoms with Crippen molar-refractivity contribution >= 4 is 87.2 Å². The minimum absolute atomic E-state index is 0.207. The summed E-state index contributed by atoms with van der Waals surface area (Å²) in [4.78, 5) is 16.2. The van der Waals surface area contributed by atoms with Gasteiger partial charge in [0.15, 0.2) is 17.5 Å². The van der Waals surface area contributed by atoms with Gasteiger partial charge >= 0.3 is 0 Å². The summed E-state index contributed by atoms with van der Waals surface area (Å²) >= 11 is 0. The second-order valence-electron chi connectivity index (χ2n) is 18.6. The Hall–Kier alpha value is -8.87. The molecular formula is C62H38N4O2. The van der Waals surface area contributed by atoms with Crippen LogP contribution in [0.25, 0.3) is 138 Å². The molecule has 14 aromatic rings. The highest BCUT2D eigenvalue weighted by molar-refractivity contribution is 6.16. The first-order valence-corrected chi connectivity index (χ1v) is 23.2. The zero-order valence-electron chi connectivity index (χ0n) is 37.1. The average Bonchev–Trinajstić information content (AvgIpc) is 4.12. The smallest absolute Gasteiger partial charge is 0.164 e. The zero-order chi connectivity index (χ0) is 44.8. The van der Waals surface area contributed by atoms with Crippen LogP contribution in [0.15, 0.2) is 203 Å². The molecule has 15 rings (SSSR count). The molecule has 0 saturated heterocycles. The van der Waals surface area contributed by atoms with Gasteiger partial charge < -0.3 is 13.4 Å². The Morgan fingerprint density at radius 1 is 0.368 bits per heavy atom. The van der Waals surface area contributed by atoms with Crippen LogP contribution in [-0.4, -0.2) is 19.5 Å². The van der Waals surface area contributed by atoms with Crippen molar-refractivity contribution < 1.29 is 8.83 Å². The van der Waals surface area contributed by atoms with E-state index in [2.05, 4.69) is 152 Å². The first-order valence-electron chi connectivity index (χ1n) is 23.2. The second kappa shape index (κ2) is 13.6. The molecule has 6 heteroatoms. The van der Waals surface area contributed by atoms with Crippen LogP contribution in [0.3, 0.4) is 0 Å². The summed E-state index contributed by atoms with van der Waals surface area (Å²) in [5, 5.41) is 11.1. The van der Waals surface area contributed by atoms with Gasteiger partial charge in [0.2, 0.25) is 0 Å². The lowest BCUT2D eigenvalue weighted by atomic mass is 9.80. The molecule has 0 aliphatic heterocycles. The van der Waals surface area contributed by atoms with Gasteiger partial charge in [0, 0.05) is 59.8 Å². The number of hydrogen-bond acceptors (Lipinski definition) is 5. The van der Waals surface area contributed by atoms with Crippen LogP contribution in [-0.2, 0) is 5.41 Å². The highest BCUT2D eigenvalue weighted by atomic mass is 16.3. The second-order valence-corrected chi connectivity index (χ2v) is 18.6. The van der Waals surface area contributed by atoms with E-state index in [1.807, 2.05) is 60.7 Å². The van der Waals surface area contributed by atoms with Crippen LogP contribution in [0.2, 0.25) is 0 Å². The maximum atomic E-state index is 6.39. The lowest BCUT2D eigenvalue weighted by Gasteiger charge is -2.23. The summed E-state index contributed by atoms with van der Waals surface area (Å²) in [6.07, 6.45) is 0. The monoisotopic (exact) mass is 870 g/mol. The van der Waals surface area contributed by atoms with Gasteiger partial charge in [-0.15, -0.1) is 0 Å². The Balaban J connectivity index is 0.981. The van der Waals surface area contributed by atoms with Crippen LogP contribution in [0, 0.1) is 0 Å². The summed E-state index contributed by atoms with van der Waals surface area (Å²) in [6.45, 7) is 4.77. The number of aromatic nitrogens is 4. The van der Waals surface area contributed by atoms with Gasteiger partial charge in [-0.25, -0.2) is 15.0 Å². The van der Waals surface area contributed by atoms with E-state index in [1.54, 1.807) is 0 Å². The summed E-state index contributed by atoms with van der Waals surface area (Å²) in [5.74, 6) is 1.70. The molecule has 318 valence electrons. The Morgan fingerprint density at radius 2 is 0.897 bits per heavy atom. The molecule has 0 N–H and O–H groups in total. The van der Waals surface area contributed by atoms with Gasteiger partial charge in [0.05, 0.1) is 16.7 Å². The lowest BCUT2D eigenvalue weighted by molar-refractivity contribution is 0.667. The van der Waals surface area contributed by atoms with E-state index in [-0.39, 0.29) is 5.41 Å². The largest absolute Gasteiger partial charge is 0.456 e. The predicted octanol–water partition coefficient (Wildman–Crippen LogP) is 16.4. The number of furan rings is 2. The third-order valence-corrected chi connectivity index (χ3v) is 14.6. The van der Waals surface area contributed by atoms with Crippen LogP contribution >= 0.6 is 0 Å². The number of benzene rings is 10. The molecule has 10 aromatic carbocycles. The topological polar surface area (TPSA) is 69.9 Å². The van der Waals surface area contributed by atoms with Crippen LogP contribution < -0.4 is 0 Å². The molecule has 68 heavy (non-hydrogen) atoms. The Bertz CT molecular complexity index is 4360. The third kappa shape index (κ3) is 5.09. The van der Waals surface area contributed by atoms with Crippen LogP contribution in [0.4, 0.5) is 0 Å². The molecule has 0 radical (unpaired) electrons. The Labute approximate surface area is 389 Å². The molecule has 1 aliphatic rings. The van der Waals surface area contributed by atoms with Crippen molar-refractivity contribution in [2.75, 3.05) is 0 Å². The maximum absolute atomic E-state index is 6.39. The highest BCUT2D eigenvalue weighted by Crippen LogP contribution is 2.53. The van der Waals surface area contributed by atoms with Crippen molar-refractivity contribution in [1.82, 2.24) is 19.5 Å². The molecule has 0 unspecified atom stereocenters. The average molecular weight is 871 g/mol. The molecule has 4 aromatic heterocycles. The number of rotatable bonds is 4. The number of fused-ring (bicyclic) bond motifs is 15. The molecule has 0 amide bonds. The fourth-order valence-corrected chi connectivity index (χ4v) is 11.7. The van der Waals surface area contributed by atoms with E-state index in [4.69, 9.17) is 23.8 Å². The van der Waals surface area contributed by atoms with Crippen molar-refractivity contribution in [1.29, 1.82) is 0 Å². The summed E-state index contributed by atoms with van der Waals surface area (Å²) in [7, 11) is 0. The molecule has 0 saturated carbocycles. The standard InChI is InChI=1S/C62H38N4O2/c1-62(2)48-34-51-47(33-46(48)40-30-29-35-15-3-4-16-36(35)58(40)62)39-19-7-10-24-49(39)66(51)50-32-31-41(37-17-5-6-18-38(37)50)59-63-60(44-22-13-27-54-56(44)42-20-8-11-25-52(42)67-54)65-61(64-59)45-23-14-28-55-57(45)43-21-9-12-26-53(43)68-55/h3-34H,1-2H3. The number of hydrogen-bond donors (Lipinski definition) is 0. The lowest BCUT2D eigenvalue weighted by Crippen LogP contribution is -2.15. The summed E-state index contributed by atoms with van der Waals surface area (Å²) in [6, 6.07) is 68.8. The van der Waals surface area contributed by atoms with Gasteiger partial charge in [-0.05, 0) is 93.0 Å². The minimum atomic E-state index is -0.207. The van der Waals surface area contributed by atoms with E-state index < -0.39 is 0 Å². The normalized spacial score (nSPS) is 13.3. The Morgan fingerprint density at radius 3 is 1.57 bits per heavy atom. The quantitative estimate of drug-likeness (QED) is 0.176. The van der Waals surface area contributed by atoms with Crippen molar-refractivity contribution in [2.45, 2.75) is 19.3 Å². The number of para-hydroxylation sites is 3. The molecule has 1 aliphatic carbocycles. The molecule has 0 fully saturated rings. The van der Waals surface area contributed by atoms with Crippen molar-refractivity contribution in [3.05, 3.63) is 205 Å². The van der Waals surface area contributed by atoms with Crippen molar-refractivity contribution in [3.8, 4) is 51.0 Å². The van der Waals surface area contributed by atoms with Crippen molar-refractivity contribution in [2.24, 2.45) is 0 Å². The van der Waals surface area contributed by atoms with Gasteiger partial charge in [0.25, 0.3) is 0 Å². The fraction of sp³-hybridized carbons (Fsp3) is 0.0484. The SMILES string of the molecule is CC1(C)c2cc3c(cc2-c2ccc4ccccc4c21)c1ccccc1n3-c1ccc(-c2nc(-c3cccc4oc5ccccc5c34)nc(-c3cccc4oc5ccccc5c34)n2)c2ccccc12. The third-order valence-electron chi connectivity index (χ3n) is 14.6. The molecular weight excluding hydrogens is 833 g/mol. The molecule has 4 heterocycles. The predicted molar refractivity (Wildman–Crippen MR) is 278 cm³/mol. The van der Waals surface area contributed by atoms with E-state index >= 15 is 0 Å². The molecule has 6 nitrogen and oxygen atoms in total. The van der Waals surface area contributed by atoms with Gasteiger partial charge in [-0.2, -0.15) is 0 Å². The van der Waals surface area contributed by atoms with E-state index in [0.29, 0.717) is 17.5 Å². The van der Waals surface area contributed by atoms with Gasteiger partial charge in [-0.1, -0.05) is 153 Å². The Kier molecular flexibility index (Phi) is 7.47. The maximum Gasteiger partial charge on any atom is 0.164 e. The zero-order valence-corrected chi connectivity index (χ0v) is 37.1. The fourth-order valence-electron chi connectivity index (χ4n) is 11.7. The summed E-state index contributed by atoms with van der Waals surface area (Å²) in [5.41, 5.74) is 14.4. The van der Waals surface area contributed by atoms with Crippen molar-refractivity contribution in [3.63, 3.8) is 0 Å². The number of nitrogens with zero attached hydrogens (tertiary/aromatic N) is 4. The highest BCUT2D eigenvalue weighted by Gasteiger charge is 2.38.